The summed E-state index contributed by atoms with van der Waals surface area (Å²) in [7, 11) is 2.08. The highest BCUT2D eigenvalue weighted by atomic mass is 35.5. The number of rotatable bonds is 2. The first-order valence-electron chi connectivity index (χ1n) is 10.0. The lowest BCUT2D eigenvalue weighted by Crippen LogP contribution is -2.73. The third-order valence-corrected chi connectivity index (χ3v) is 6.51. The fourth-order valence-electron chi connectivity index (χ4n) is 4.98. The Labute approximate surface area is 178 Å². The number of fused-ring (bicyclic) bond motifs is 3. The number of pyridine rings is 1. The van der Waals surface area contributed by atoms with Gasteiger partial charge in [-0.3, -0.25) is 9.47 Å². The Hall–Kier alpha value is -2.71. The predicted molar refractivity (Wildman–Crippen MR) is 113 cm³/mol. The average Bonchev–Trinajstić information content (AvgIpc) is 2.97. The molecule has 6 rings (SSSR count). The summed E-state index contributed by atoms with van der Waals surface area (Å²) in [6.45, 7) is 4.93. The van der Waals surface area contributed by atoms with Crippen LogP contribution in [0.1, 0.15) is 11.4 Å². The summed E-state index contributed by atoms with van der Waals surface area (Å²) in [4.78, 5) is 10.7. The summed E-state index contributed by atoms with van der Waals surface area (Å²) >= 11 is 6.25. The molecule has 1 spiro atoms. The van der Waals surface area contributed by atoms with E-state index in [-0.39, 0.29) is 11.2 Å². The standard InChI is InChI=1S/C21H21ClFN7/c1-27-8-14-7-15(22)4-5-17(14)30-18(9-27)25-26-20(30)29-12-21(13-29)10-28(11-21)19-16(23)3-2-6-24-19/h2-7H,8-13H2,1H3. The van der Waals surface area contributed by atoms with Crippen LogP contribution in [-0.4, -0.2) is 57.9 Å². The number of nitrogens with zero attached hydrogens (tertiary/aromatic N) is 7. The van der Waals surface area contributed by atoms with E-state index in [1.54, 1.807) is 12.3 Å². The number of halogens is 2. The van der Waals surface area contributed by atoms with Gasteiger partial charge in [-0.2, -0.15) is 0 Å². The van der Waals surface area contributed by atoms with Crippen molar-refractivity contribution in [2.24, 2.45) is 5.41 Å². The van der Waals surface area contributed by atoms with E-state index in [1.807, 2.05) is 17.0 Å². The number of benzene rings is 1. The molecule has 0 saturated carbocycles. The van der Waals surface area contributed by atoms with Crippen molar-refractivity contribution in [2.45, 2.75) is 13.1 Å². The molecule has 3 aliphatic rings. The molecule has 0 atom stereocenters. The minimum Gasteiger partial charge on any atom is -0.353 e. The van der Waals surface area contributed by atoms with E-state index in [0.29, 0.717) is 5.82 Å². The molecule has 30 heavy (non-hydrogen) atoms. The summed E-state index contributed by atoms with van der Waals surface area (Å²) in [5, 5.41) is 9.75. The van der Waals surface area contributed by atoms with E-state index in [9.17, 15) is 4.39 Å². The molecule has 7 nitrogen and oxygen atoms in total. The van der Waals surface area contributed by atoms with Gasteiger partial charge < -0.3 is 9.80 Å². The smallest absolute Gasteiger partial charge is 0.231 e. The molecule has 0 radical (unpaired) electrons. The second-order valence-electron chi connectivity index (χ2n) is 8.72. The molecule has 0 bridgehead atoms. The van der Waals surface area contributed by atoms with Gasteiger partial charge in [0, 0.05) is 49.4 Å². The molecule has 0 aliphatic carbocycles. The number of hydrogen-bond acceptors (Lipinski definition) is 6. The van der Waals surface area contributed by atoms with Crippen LogP contribution in [0, 0.1) is 11.2 Å². The van der Waals surface area contributed by atoms with E-state index < -0.39 is 0 Å². The zero-order chi connectivity index (χ0) is 20.5. The van der Waals surface area contributed by atoms with Crippen LogP contribution in [-0.2, 0) is 13.1 Å². The van der Waals surface area contributed by atoms with Crippen molar-refractivity contribution in [2.75, 3.05) is 43.0 Å². The summed E-state index contributed by atoms with van der Waals surface area (Å²) < 4.78 is 16.2. The molecule has 2 saturated heterocycles. The second kappa shape index (κ2) is 6.39. The minimum absolute atomic E-state index is 0.167. The Morgan fingerprint density at radius 2 is 1.83 bits per heavy atom. The first kappa shape index (κ1) is 18.1. The largest absolute Gasteiger partial charge is 0.353 e. The lowest BCUT2D eigenvalue weighted by Gasteiger charge is -2.60. The van der Waals surface area contributed by atoms with Gasteiger partial charge in [0.05, 0.1) is 12.2 Å². The number of anilines is 2. The highest BCUT2D eigenvalue weighted by Gasteiger charge is 2.53. The molecule has 3 aliphatic heterocycles. The van der Waals surface area contributed by atoms with E-state index in [1.165, 1.54) is 11.6 Å². The molecule has 3 aromatic rings. The molecule has 0 unspecified atom stereocenters. The second-order valence-corrected chi connectivity index (χ2v) is 9.15. The summed E-state index contributed by atoms with van der Waals surface area (Å²) in [5.41, 5.74) is 2.42. The molecular weight excluding hydrogens is 405 g/mol. The minimum atomic E-state index is -0.259. The van der Waals surface area contributed by atoms with Crippen molar-refractivity contribution in [1.29, 1.82) is 0 Å². The van der Waals surface area contributed by atoms with Crippen LogP contribution >= 0.6 is 11.6 Å². The van der Waals surface area contributed by atoms with E-state index in [2.05, 4.69) is 42.7 Å². The predicted octanol–water partition coefficient (Wildman–Crippen LogP) is 2.73. The monoisotopic (exact) mass is 425 g/mol. The van der Waals surface area contributed by atoms with Crippen LogP contribution < -0.4 is 9.80 Å². The van der Waals surface area contributed by atoms with E-state index >= 15 is 0 Å². The van der Waals surface area contributed by atoms with Crippen LogP contribution in [0.15, 0.2) is 36.5 Å². The fraction of sp³-hybridized carbons (Fsp3) is 0.381. The molecule has 154 valence electrons. The van der Waals surface area contributed by atoms with Crippen molar-refractivity contribution in [1.82, 2.24) is 24.6 Å². The quantitative estimate of drug-likeness (QED) is 0.629. The maximum Gasteiger partial charge on any atom is 0.231 e. The molecule has 0 N–H and O–H groups in total. The highest BCUT2D eigenvalue weighted by molar-refractivity contribution is 6.30. The molecular formula is C21H21ClFN7. The maximum absolute atomic E-state index is 14.0. The van der Waals surface area contributed by atoms with Gasteiger partial charge in [0.1, 0.15) is 0 Å². The van der Waals surface area contributed by atoms with Gasteiger partial charge in [-0.25, -0.2) is 9.37 Å². The molecule has 0 amide bonds. The lowest BCUT2D eigenvalue weighted by atomic mass is 9.73. The van der Waals surface area contributed by atoms with Crippen LogP contribution in [0.4, 0.5) is 16.2 Å². The molecule has 2 fully saturated rings. The Morgan fingerprint density at radius 3 is 2.63 bits per heavy atom. The fourth-order valence-corrected chi connectivity index (χ4v) is 5.17. The van der Waals surface area contributed by atoms with Gasteiger partial charge in [-0.1, -0.05) is 11.6 Å². The van der Waals surface area contributed by atoms with Crippen molar-refractivity contribution < 1.29 is 4.39 Å². The normalized spacial score (nSPS) is 19.7. The van der Waals surface area contributed by atoms with Crippen LogP contribution in [0.5, 0.6) is 0 Å². The van der Waals surface area contributed by atoms with E-state index in [0.717, 1.165) is 61.8 Å². The SMILES string of the molecule is CN1Cc2cc(Cl)ccc2-n2c(nnc2N2CC3(CN(c4ncccc4F)C3)C2)C1. The van der Waals surface area contributed by atoms with Gasteiger partial charge in [0.15, 0.2) is 17.5 Å². The van der Waals surface area contributed by atoms with Crippen molar-refractivity contribution in [3.05, 3.63) is 58.8 Å². The molecule has 2 aromatic heterocycles. The maximum atomic E-state index is 14.0. The first-order chi connectivity index (χ1) is 14.5. The van der Waals surface area contributed by atoms with Crippen molar-refractivity contribution in [3.63, 3.8) is 0 Å². The third-order valence-electron chi connectivity index (χ3n) is 6.27. The Bertz CT molecular complexity index is 1130. The molecule has 5 heterocycles. The topological polar surface area (TPSA) is 53.3 Å². The zero-order valence-electron chi connectivity index (χ0n) is 16.6. The summed E-state index contributed by atoms with van der Waals surface area (Å²) in [6.07, 6.45) is 1.64. The van der Waals surface area contributed by atoms with Gasteiger partial charge in [-0.05, 0) is 42.9 Å². The molecule has 9 heteroatoms. The van der Waals surface area contributed by atoms with Gasteiger partial charge in [-0.15, -0.1) is 10.2 Å². The number of hydrogen-bond donors (Lipinski definition) is 0. The third kappa shape index (κ3) is 2.70. The van der Waals surface area contributed by atoms with Gasteiger partial charge >= 0.3 is 0 Å². The lowest BCUT2D eigenvalue weighted by molar-refractivity contribution is 0.152. The first-order valence-corrected chi connectivity index (χ1v) is 10.4. The van der Waals surface area contributed by atoms with Crippen LogP contribution in [0.2, 0.25) is 5.02 Å². The Kier molecular flexibility index (Phi) is 3.85. The summed E-state index contributed by atoms with van der Waals surface area (Å²) in [6, 6.07) is 9.08. The van der Waals surface area contributed by atoms with Gasteiger partial charge in [0.25, 0.3) is 0 Å². The van der Waals surface area contributed by atoms with Crippen LogP contribution in [0.25, 0.3) is 5.69 Å². The average molecular weight is 426 g/mol. The van der Waals surface area contributed by atoms with Crippen LogP contribution in [0.3, 0.4) is 0 Å². The number of aromatic nitrogens is 4. The van der Waals surface area contributed by atoms with Crippen molar-refractivity contribution >= 4 is 23.4 Å². The zero-order valence-corrected chi connectivity index (χ0v) is 17.3. The Morgan fingerprint density at radius 1 is 1.03 bits per heavy atom. The highest BCUT2D eigenvalue weighted by Crippen LogP contribution is 2.44. The van der Waals surface area contributed by atoms with Gasteiger partial charge in [0.2, 0.25) is 5.95 Å². The Balaban J connectivity index is 1.25. The van der Waals surface area contributed by atoms with Crippen molar-refractivity contribution in [3.8, 4) is 5.69 Å². The van der Waals surface area contributed by atoms with E-state index in [4.69, 9.17) is 11.6 Å². The molecule has 1 aromatic carbocycles. The summed E-state index contributed by atoms with van der Waals surface area (Å²) in [5.74, 6) is 2.00.